The summed E-state index contributed by atoms with van der Waals surface area (Å²) >= 11 is 6.06. The minimum Gasteiger partial charge on any atom is -0.333 e. The molecule has 1 saturated heterocycles. The number of carbonyl (C=O) groups is 1. The van der Waals surface area contributed by atoms with Gasteiger partial charge in [0, 0.05) is 18.1 Å². The smallest absolute Gasteiger partial charge is 0.237 e. The molecule has 0 radical (unpaired) electrons. The van der Waals surface area contributed by atoms with E-state index in [-0.39, 0.29) is 11.9 Å². The van der Waals surface area contributed by atoms with Crippen molar-refractivity contribution in [3.05, 3.63) is 34.3 Å². The van der Waals surface area contributed by atoms with Crippen molar-refractivity contribution in [3.8, 4) is 0 Å². The first-order valence-electron chi connectivity index (χ1n) is 5.91. The van der Waals surface area contributed by atoms with Gasteiger partial charge in [-0.3, -0.25) is 9.69 Å². The van der Waals surface area contributed by atoms with E-state index in [1.807, 2.05) is 24.1 Å². The van der Waals surface area contributed by atoms with E-state index in [0.29, 0.717) is 6.54 Å². The van der Waals surface area contributed by atoms with Crippen LogP contribution in [0.2, 0.25) is 5.02 Å². The number of piperazine rings is 1. The van der Waals surface area contributed by atoms with Gasteiger partial charge in [0.2, 0.25) is 5.91 Å². The number of hydrogen-bond acceptors (Lipinski definition) is 2. The Bertz CT molecular complexity index is 474. The highest BCUT2D eigenvalue weighted by Crippen LogP contribution is 2.34. The summed E-state index contributed by atoms with van der Waals surface area (Å²) in [6.45, 7) is 2.28. The molecule has 0 aliphatic carbocycles. The van der Waals surface area contributed by atoms with E-state index >= 15 is 0 Å². The van der Waals surface area contributed by atoms with Gasteiger partial charge in [0.05, 0.1) is 12.6 Å². The Balaban J connectivity index is 2.03. The van der Waals surface area contributed by atoms with E-state index < -0.39 is 0 Å². The molecule has 3 rings (SSSR count). The van der Waals surface area contributed by atoms with Crippen LogP contribution in [0.4, 0.5) is 0 Å². The van der Waals surface area contributed by atoms with Crippen molar-refractivity contribution in [2.24, 2.45) is 0 Å². The Morgan fingerprint density at radius 1 is 1.41 bits per heavy atom. The van der Waals surface area contributed by atoms with Gasteiger partial charge in [0.25, 0.3) is 0 Å². The number of rotatable bonds is 0. The highest BCUT2D eigenvalue weighted by Gasteiger charge is 2.35. The second-order valence-corrected chi connectivity index (χ2v) is 5.33. The van der Waals surface area contributed by atoms with Gasteiger partial charge in [0.1, 0.15) is 0 Å². The molecule has 2 aliphatic heterocycles. The molecule has 4 heteroatoms. The first kappa shape index (κ1) is 11.1. The fraction of sp³-hybridized carbons (Fsp3) is 0.462. The van der Waals surface area contributed by atoms with E-state index in [4.69, 9.17) is 11.6 Å². The van der Waals surface area contributed by atoms with Gasteiger partial charge in [-0.25, -0.2) is 0 Å². The molecule has 0 bridgehead atoms. The van der Waals surface area contributed by atoms with Crippen molar-refractivity contribution in [1.82, 2.24) is 9.80 Å². The van der Waals surface area contributed by atoms with Crippen LogP contribution in [0.25, 0.3) is 0 Å². The van der Waals surface area contributed by atoms with Crippen LogP contribution >= 0.6 is 11.6 Å². The van der Waals surface area contributed by atoms with Crippen molar-refractivity contribution in [2.45, 2.75) is 12.5 Å². The first-order chi connectivity index (χ1) is 8.15. The predicted molar refractivity (Wildman–Crippen MR) is 67.1 cm³/mol. The van der Waals surface area contributed by atoms with Crippen LogP contribution in [0.3, 0.4) is 0 Å². The molecular formula is C13H15ClN2O. The zero-order chi connectivity index (χ0) is 12.0. The van der Waals surface area contributed by atoms with Crippen molar-refractivity contribution in [3.63, 3.8) is 0 Å². The van der Waals surface area contributed by atoms with Gasteiger partial charge >= 0.3 is 0 Å². The summed E-state index contributed by atoms with van der Waals surface area (Å²) in [6.07, 6.45) is 0.943. The number of nitrogens with zero attached hydrogens (tertiary/aromatic N) is 2. The predicted octanol–water partition coefficient (Wildman–Crippen LogP) is 1.71. The minimum atomic E-state index is 0.184. The second kappa shape index (κ2) is 4.00. The summed E-state index contributed by atoms with van der Waals surface area (Å²) in [6, 6.07) is 6.22. The molecule has 0 spiro atoms. The van der Waals surface area contributed by atoms with Gasteiger partial charge in [-0.2, -0.15) is 0 Å². The molecule has 0 aromatic heterocycles. The van der Waals surface area contributed by atoms with E-state index in [0.717, 1.165) is 24.5 Å². The number of fused-ring (bicyclic) bond motifs is 3. The SMILES string of the molecule is CN1CC(=O)N2CCc3ccc(Cl)cc3C2C1. The molecule has 2 aliphatic rings. The summed E-state index contributed by atoms with van der Waals surface area (Å²) in [7, 11) is 1.99. The Kier molecular flexibility index (Phi) is 2.60. The highest BCUT2D eigenvalue weighted by atomic mass is 35.5. The average Bonchev–Trinajstić information content (AvgIpc) is 2.28. The van der Waals surface area contributed by atoms with E-state index in [2.05, 4.69) is 11.0 Å². The van der Waals surface area contributed by atoms with Gasteiger partial charge in [-0.15, -0.1) is 0 Å². The lowest BCUT2D eigenvalue weighted by Gasteiger charge is -2.43. The molecule has 90 valence electrons. The van der Waals surface area contributed by atoms with Crippen molar-refractivity contribution >= 4 is 17.5 Å². The van der Waals surface area contributed by atoms with Crippen molar-refractivity contribution in [1.29, 1.82) is 0 Å². The molecule has 1 fully saturated rings. The first-order valence-corrected chi connectivity index (χ1v) is 6.29. The highest BCUT2D eigenvalue weighted by molar-refractivity contribution is 6.30. The Labute approximate surface area is 106 Å². The lowest BCUT2D eigenvalue weighted by molar-refractivity contribution is -0.139. The number of carbonyl (C=O) groups excluding carboxylic acids is 1. The standard InChI is InChI=1S/C13H15ClN2O/c1-15-7-12-11-6-10(14)3-2-9(11)4-5-16(12)13(17)8-15/h2-3,6,12H,4-5,7-8H2,1H3. The maximum Gasteiger partial charge on any atom is 0.237 e. The van der Waals surface area contributed by atoms with Gasteiger partial charge in [0.15, 0.2) is 0 Å². The fourth-order valence-electron chi connectivity index (χ4n) is 2.85. The molecule has 0 N–H and O–H groups in total. The van der Waals surface area contributed by atoms with Gasteiger partial charge in [-0.1, -0.05) is 17.7 Å². The number of likely N-dealkylation sites (N-methyl/N-ethyl adjacent to an activating group) is 1. The Morgan fingerprint density at radius 3 is 3.06 bits per heavy atom. The molecule has 3 nitrogen and oxygen atoms in total. The third-order valence-electron chi connectivity index (χ3n) is 3.68. The summed E-state index contributed by atoms with van der Waals surface area (Å²) in [5, 5.41) is 0.756. The summed E-state index contributed by atoms with van der Waals surface area (Å²) in [5.41, 5.74) is 2.56. The molecular weight excluding hydrogens is 236 g/mol. The van der Waals surface area contributed by atoms with E-state index in [1.165, 1.54) is 11.1 Å². The van der Waals surface area contributed by atoms with Crippen LogP contribution in [0.5, 0.6) is 0 Å². The molecule has 2 heterocycles. The number of hydrogen-bond donors (Lipinski definition) is 0. The summed E-state index contributed by atoms with van der Waals surface area (Å²) < 4.78 is 0. The molecule has 1 aromatic carbocycles. The monoisotopic (exact) mass is 250 g/mol. The normalized spacial score (nSPS) is 24.5. The van der Waals surface area contributed by atoms with Crippen LogP contribution in [-0.2, 0) is 11.2 Å². The molecule has 17 heavy (non-hydrogen) atoms. The summed E-state index contributed by atoms with van der Waals surface area (Å²) in [5.74, 6) is 0.231. The lowest BCUT2D eigenvalue weighted by Crippen LogP contribution is -2.53. The van der Waals surface area contributed by atoms with Crippen LogP contribution < -0.4 is 0 Å². The maximum absolute atomic E-state index is 12.0. The zero-order valence-corrected chi connectivity index (χ0v) is 10.6. The minimum absolute atomic E-state index is 0.184. The second-order valence-electron chi connectivity index (χ2n) is 4.89. The van der Waals surface area contributed by atoms with Crippen LogP contribution in [0.15, 0.2) is 18.2 Å². The molecule has 0 saturated carbocycles. The topological polar surface area (TPSA) is 23.6 Å². The van der Waals surface area contributed by atoms with Crippen LogP contribution in [0.1, 0.15) is 17.2 Å². The van der Waals surface area contributed by atoms with E-state index in [1.54, 1.807) is 0 Å². The maximum atomic E-state index is 12.0. The molecule has 1 amide bonds. The average molecular weight is 251 g/mol. The van der Waals surface area contributed by atoms with Crippen LogP contribution in [0, 0.1) is 0 Å². The lowest BCUT2D eigenvalue weighted by atomic mass is 9.91. The molecule has 1 aromatic rings. The Hall–Kier alpha value is -1.06. The van der Waals surface area contributed by atoms with Crippen molar-refractivity contribution in [2.75, 3.05) is 26.7 Å². The van der Waals surface area contributed by atoms with Crippen molar-refractivity contribution < 1.29 is 4.79 Å². The van der Waals surface area contributed by atoms with E-state index in [9.17, 15) is 4.79 Å². The summed E-state index contributed by atoms with van der Waals surface area (Å²) in [4.78, 5) is 16.1. The third-order valence-corrected chi connectivity index (χ3v) is 3.91. The van der Waals surface area contributed by atoms with Gasteiger partial charge < -0.3 is 4.90 Å². The van der Waals surface area contributed by atoms with Crippen LogP contribution in [-0.4, -0.2) is 42.4 Å². The molecule has 1 atom stereocenters. The molecule has 1 unspecified atom stereocenters. The third kappa shape index (κ3) is 1.83. The quantitative estimate of drug-likeness (QED) is 0.700. The number of halogens is 1. The largest absolute Gasteiger partial charge is 0.333 e. The Morgan fingerprint density at radius 2 is 2.24 bits per heavy atom. The number of amides is 1. The van der Waals surface area contributed by atoms with Gasteiger partial charge in [-0.05, 0) is 36.7 Å². The number of benzene rings is 1. The zero-order valence-electron chi connectivity index (χ0n) is 9.82. The fourth-order valence-corrected chi connectivity index (χ4v) is 3.03.